The molecule has 450 valence electrons. The minimum absolute atomic E-state index is 0.0118. The van der Waals surface area contributed by atoms with Gasteiger partial charge in [-0.3, -0.25) is 9.59 Å². The van der Waals surface area contributed by atoms with Crippen molar-refractivity contribution in [3.8, 4) is 0 Å². The van der Waals surface area contributed by atoms with Crippen molar-refractivity contribution >= 4 is 11.8 Å². The molecule has 0 aromatic heterocycles. The van der Waals surface area contributed by atoms with Crippen LogP contribution in [0.2, 0.25) is 0 Å². The van der Waals surface area contributed by atoms with E-state index >= 15 is 0 Å². The Morgan fingerprint density at radius 1 is 0.543 bits per heavy atom. The predicted molar refractivity (Wildman–Crippen MR) is 282 cm³/mol. The summed E-state index contributed by atoms with van der Waals surface area (Å²) in [6, 6.07) is 0. The van der Waals surface area contributed by atoms with Gasteiger partial charge in [-0.1, -0.05) is 40.9 Å². The summed E-state index contributed by atoms with van der Waals surface area (Å²) in [5.41, 5.74) is 2.15. The Hall–Kier alpha value is -2.02. The summed E-state index contributed by atoms with van der Waals surface area (Å²) in [6.07, 6.45) is 3.28. The van der Waals surface area contributed by atoms with Crippen LogP contribution in [0.3, 0.4) is 0 Å². The van der Waals surface area contributed by atoms with E-state index in [1.165, 1.54) is 0 Å². The Morgan fingerprint density at radius 2 is 1.22 bits per heavy atom. The molecule has 31 atom stereocenters. The second-order valence-corrected chi connectivity index (χ2v) is 28.0. The first-order valence-corrected chi connectivity index (χ1v) is 31.5. The minimum Gasteiger partial charge on any atom is -0.459 e. The highest BCUT2D eigenvalue weighted by Gasteiger charge is 2.70. The summed E-state index contributed by atoms with van der Waals surface area (Å²) in [4.78, 5) is 27.3. The van der Waals surface area contributed by atoms with E-state index in [4.69, 9.17) is 75.8 Å². The smallest absolute Gasteiger partial charge is 0.308 e. The second-order valence-electron chi connectivity index (χ2n) is 28.0. The zero-order valence-electron chi connectivity index (χ0n) is 48.0. The third-order valence-electron chi connectivity index (χ3n) is 22.2. The van der Waals surface area contributed by atoms with E-state index in [9.17, 15) is 14.7 Å². The molecule has 16 fully saturated rings. The number of hydrogen-bond acceptors (Lipinski definition) is 19. The molecule has 0 amide bonds. The summed E-state index contributed by atoms with van der Waals surface area (Å²) in [5.74, 6) is -2.84. The molecule has 16 heterocycles. The van der Waals surface area contributed by atoms with Crippen LogP contribution in [-0.2, 0) is 85.4 Å². The van der Waals surface area contributed by atoms with Gasteiger partial charge in [0.1, 0.15) is 42.4 Å². The summed E-state index contributed by atoms with van der Waals surface area (Å²) >= 11 is 0. The Kier molecular flexibility index (Phi) is 14.5. The Balaban J connectivity index is 0.647. The van der Waals surface area contributed by atoms with Crippen molar-refractivity contribution in [3.05, 3.63) is 24.3 Å². The molecule has 16 saturated heterocycles. The minimum atomic E-state index is -0.931. The number of esters is 1. The van der Waals surface area contributed by atoms with Crippen molar-refractivity contribution in [2.75, 3.05) is 13.7 Å². The number of fused-ring (bicyclic) bond motifs is 10. The highest BCUT2D eigenvalue weighted by atomic mass is 16.8. The molecule has 2 unspecified atom stereocenters. The van der Waals surface area contributed by atoms with Crippen LogP contribution < -0.4 is 0 Å². The van der Waals surface area contributed by atoms with Crippen LogP contribution in [0.1, 0.15) is 150 Å². The highest BCUT2D eigenvalue weighted by Crippen LogP contribution is 2.58. The van der Waals surface area contributed by atoms with Crippen molar-refractivity contribution in [2.24, 2.45) is 23.7 Å². The van der Waals surface area contributed by atoms with Crippen molar-refractivity contribution in [3.63, 3.8) is 0 Å². The number of carbonyl (C=O) groups excluding carboxylic acids is 2. The van der Waals surface area contributed by atoms with E-state index in [-0.39, 0.29) is 158 Å². The van der Waals surface area contributed by atoms with Crippen molar-refractivity contribution in [2.45, 2.75) is 314 Å². The molecule has 0 radical (unpaired) electrons. The molecule has 1 N–H and O–H groups in total. The lowest BCUT2D eigenvalue weighted by Crippen LogP contribution is -2.62. The third kappa shape index (κ3) is 9.92. The Morgan fingerprint density at radius 3 is 2.07 bits per heavy atom. The van der Waals surface area contributed by atoms with Gasteiger partial charge in [-0.2, -0.15) is 0 Å². The summed E-state index contributed by atoms with van der Waals surface area (Å²) in [5, 5.41) is 11.2. The van der Waals surface area contributed by atoms with E-state index in [2.05, 4.69) is 40.9 Å². The van der Waals surface area contributed by atoms with Gasteiger partial charge >= 0.3 is 5.97 Å². The summed E-state index contributed by atoms with van der Waals surface area (Å²) in [6.45, 7) is 18.2. The predicted octanol–water partition coefficient (Wildman–Crippen LogP) is 6.18. The van der Waals surface area contributed by atoms with Crippen molar-refractivity contribution in [1.82, 2.24) is 0 Å². The monoisotopic (exact) mass is 1140 g/mol. The molecule has 0 saturated carbocycles. The average Bonchev–Trinajstić information content (AvgIpc) is 4.41. The summed E-state index contributed by atoms with van der Waals surface area (Å²) in [7, 11) is 1.58. The van der Waals surface area contributed by atoms with Gasteiger partial charge in [-0.15, -0.1) is 0 Å². The SMILES string of the molecule is C=C1C[C@H]2CC[C@]34C[C@H]5O[C@H]6[C@@H](O3)[C@H]3O[C@H](CC[C@@H]3O[C@H]6[C@H]5O4)CC(=O)O[C@@H]3[C@H](C)[C@@H]4O[C@H]5CC6(C[C@H]7OC8(C[C@H](C)[C@H]9O[C@H](CC(=O)CCOC)[C@@H](O)C[C@@H]9O8)C[C@H](C)[C@@H]7O6)O[C@H]5C[C@@H]4O[C@H]3C[C@H]3O[C@H](CC[C@H]1O2)C[C@@H](C)C3=C. The number of Topliss-reactive ketones (excluding diaryl/α,β-unsaturated/α-hetero) is 1. The summed E-state index contributed by atoms with van der Waals surface area (Å²) < 4.78 is 109. The Bertz CT molecular complexity index is 2430. The number of rotatable bonds is 5. The van der Waals surface area contributed by atoms with Gasteiger partial charge in [0, 0.05) is 83.7 Å². The molecule has 19 nitrogen and oxygen atoms in total. The number of aliphatic hydroxyl groups is 1. The first-order chi connectivity index (χ1) is 39.0. The molecule has 0 aromatic carbocycles. The van der Waals surface area contributed by atoms with Gasteiger partial charge in [0.2, 0.25) is 0 Å². The number of ketones is 1. The van der Waals surface area contributed by atoms with Crippen LogP contribution in [0, 0.1) is 23.7 Å². The standard InChI is InChI=1S/C62H88O19/c1-28-16-35-8-10-39-29(2)17-37(67-39)12-14-60-26-48-56(80-60)57-58(74-48)59(81-60)55-40(71-57)11-9-36(69-55)19-50(65)75-54-33(6)53-45(70-44(54)21-41(68-35)32(28)5)22-43-47(73-53)25-62(76-43)27-49-52(79-62)31(4)24-61(78-49)23-30(3)51-46(77-61)20-38(64)42(72-51)18-34(63)13-15-66-7/h28,30-31,33,35-49,51-59,64H,2,5,8-27H2,1,3-4,6-7H3/t28-,30+,31+,33-,35-,36-,37-,38+,39-,40+,41-,42-,43+,44+,45+,46+,47+,48-,49-,51-,52+,53+,54-,55+,56+,57+,58-,59+,60-,61?,62?/m1/s1. The lowest BCUT2D eigenvalue weighted by Gasteiger charge is -2.54. The van der Waals surface area contributed by atoms with Gasteiger partial charge in [0.05, 0.1) is 123 Å². The molecule has 81 heavy (non-hydrogen) atoms. The molecular formula is C62H88O19. The van der Waals surface area contributed by atoms with E-state index in [0.717, 1.165) is 49.7 Å². The van der Waals surface area contributed by atoms with Crippen LogP contribution in [0.5, 0.6) is 0 Å². The lowest BCUT2D eigenvalue weighted by molar-refractivity contribution is -0.371. The van der Waals surface area contributed by atoms with Crippen LogP contribution in [0.15, 0.2) is 24.3 Å². The molecule has 16 aliphatic rings. The number of hydrogen-bond donors (Lipinski definition) is 1. The number of aliphatic hydroxyl groups excluding tert-OH is 1. The van der Waals surface area contributed by atoms with E-state index in [1.54, 1.807) is 7.11 Å². The maximum atomic E-state index is 14.6. The lowest BCUT2D eigenvalue weighted by atomic mass is 9.78. The first kappa shape index (κ1) is 55.6. The van der Waals surface area contributed by atoms with E-state index < -0.39 is 60.1 Å². The van der Waals surface area contributed by atoms with Gasteiger partial charge in [0.15, 0.2) is 17.4 Å². The average molecular weight is 1140 g/mol. The quantitative estimate of drug-likeness (QED) is 0.241. The topological polar surface area (TPSA) is 202 Å². The van der Waals surface area contributed by atoms with Crippen LogP contribution in [0.4, 0.5) is 0 Å². The molecule has 16 aliphatic heterocycles. The number of ether oxygens (including phenoxy) is 16. The molecule has 3 spiro atoms. The largest absolute Gasteiger partial charge is 0.459 e. The molecule has 19 heteroatoms. The number of carbonyl (C=O) groups is 2. The normalized spacial score (nSPS) is 56.3. The number of methoxy groups -OCH3 is 1. The van der Waals surface area contributed by atoms with Crippen molar-refractivity contribution < 1.29 is 90.5 Å². The van der Waals surface area contributed by atoms with Gasteiger partial charge in [0.25, 0.3) is 0 Å². The molecule has 12 bridgehead atoms. The van der Waals surface area contributed by atoms with Crippen molar-refractivity contribution in [1.29, 1.82) is 0 Å². The van der Waals surface area contributed by atoms with Crippen LogP contribution in [-0.4, -0.2) is 194 Å². The highest BCUT2D eigenvalue weighted by molar-refractivity contribution is 5.79. The fourth-order valence-corrected chi connectivity index (χ4v) is 18.3. The van der Waals surface area contributed by atoms with Crippen LogP contribution >= 0.6 is 0 Å². The molecule has 16 rings (SSSR count). The third-order valence-corrected chi connectivity index (χ3v) is 22.2. The van der Waals surface area contributed by atoms with Gasteiger partial charge in [-0.25, -0.2) is 0 Å². The first-order valence-electron chi connectivity index (χ1n) is 31.5. The second kappa shape index (κ2) is 21.1. The van der Waals surface area contributed by atoms with Gasteiger partial charge in [-0.05, 0) is 73.8 Å². The zero-order chi connectivity index (χ0) is 55.4. The fraction of sp³-hybridized carbons (Fsp3) is 0.903. The van der Waals surface area contributed by atoms with E-state index in [1.807, 2.05) is 0 Å². The van der Waals surface area contributed by atoms with E-state index in [0.29, 0.717) is 70.8 Å². The molecular weight excluding hydrogens is 1050 g/mol. The molecule has 0 aliphatic carbocycles. The Labute approximate surface area is 475 Å². The van der Waals surface area contributed by atoms with Crippen LogP contribution in [0.25, 0.3) is 0 Å². The van der Waals surface area contributed by atoms with Gasteiger partial charge < -0.3 is 80.9 Å². The maximum Gasteiger partial charge on any atom is 0.308 e. The maximum absolute atomic E-state index is 14.6. The molecule has 0 aromatic rings. The fourth-order valence-electron chi connectivity index (χ4n) is 18.3. The zero-order valence-corrected chi connectivity index (χ0v) is 48.0.